The summed E-state index contributed by atoms with van der Waals surface area (Å²) in [4.78, 5) is 10.7. The van der Waals surface area contributed by atoms with Crippen LogP contribution in [0.2, 0.25) is 0 Å². The lowest BCUT2D eigenvalue weighted by molar-refractivity contribution is -0.117. The molecule has 1 aromatic rings. The zero-order valence-electron chi connectivity index (χ0n) is 9.99. The second kappa shape index (κ2) is 6.16. The zero-order valence-corrected chi connectivity index (χ0v) is 9.99. The van der Waals surface area contributed by atoms with Crippen LogP contribution in [-0.2, 0) is 11.2 Å². The first-order valence-electron chi connectivity index (χ1n) is 5.75. The molecule has 0 spiro atoms. The Morgan fingerprint density at radius 3 is 2.50 bits per heavy atom. The Hall–Kier alpha value is -1.51. The van der Waals surface area contributed by atoms with Gasteiger partial charge in [0.15, 0.2) is 0 Å². The number of nitrogens with two attached hydrogens (primary N) is 1. The summed E-state index contributed by atoms with van der Waals surface area (Å²) in [5.41, 5.74) is 7.18. The molecule has 0 bridgehead atoms. The van der Waals surface area contributed by atoms with E-state index < -0.39 is 0 Å². The molecule has 0 radical (unpaired) electrons. The van der Waals surface area contributed by atoms with Gasteiger partial charge in [-0.1, -0.05) is 25.5 Å². The van der Waals surface area contributed by atoms with Gasteiger partial charge in [0.1, 0.15) is 0 Å². The summed E-state index contributed by atoms with van der Waals surface area (Å²) >= 11 is 0. The standard InChI is InChI=1S/C13H20N2O/c1-3-4-10(2)15-12-7-5-11(6-8-12)9-13(14)16/h5-8,10,15H,3-4,9H2,1-2H3,(H2,14,16). The normalized spacial score (nSPS) is 12.1. The van der Waals surface area contributed by atoms with Crippen LogP contribution < -0.4 is 11.1 Å². The van der Waals surface area contributed by atoms with Gasteiger partial charge in [0, 0.05) is 11.7 Å². The van der Waals surface area contributed by atoms with Gasteiger partial charge >= 0.3 is 0 Å². The molecular weight excluding hydrogens is 200 g/mol. The number of hydrogen-bond acceptors (Lipinski definition) is 2. The van der Waals surface area contributed by atoms with E-state index in [0.29, 0.717) is 12.5 Å². The molecule has 0 aliphatic heterocycles. The van der Waals surface area contributed by atoms with Crippen molar-refractivity contribution in [2.45, 2.75) is 39.2 Å². The number of anilines is 1. The number of carbonyl (C=O) groups is 1. The highest BCUT2D eigenvalue weighted by Gasteiger charge is 2.01. The first-order valence-corrected chi connectivity index (χ1v) is 5.75. The van der Waals surface area contributed by atoms with Crippen LogP contribution in [0.25, 0.3) is 0 Å². The molecule has 0 saturated heterocycles. The molecule has 3 N–H and O–H groups in total. The maximum absolute atomic E-state index is 10.7. The van der Waals surface area contributed by atoms with Crippen molar-refractivity contribution < 1.29 is 4.79 Å². The molecule has 3 heteroatoms. The summed E-state index contributed by atoms with van der Waals surface area (Å²) in [6, 6.07) is 8.33. The lowest BCUT2D eigenvalue weighted by atomic mass is 10.1. The average Bonchev–Trinajstić information content (AvgIpc) is 2.20. The highest BCUT2D eigenvalue weighted by molar-refractivity contribution is 5.76. The average molecular weight is 220 g/mol. The summed E-state index contributed by atoms with van der Waals surface area (Å²) < 4.78 is 0. The fourth-order valence-electron chi connectivity index (χ4n) is 1.71. The van der Waals surface area contributed by atoms with Crippen molar-refractivity contribution >= 4 is 11.6 Å². The molecule has 1 unspecified atom stereocenters. The SMILES string of the molecule is CCCC(C)Nc1ccc(CC(N)=O)cc1. The second-order valence-electron chi connectivity index (χ2n) is 4.17. The molecule has 0 aromatic heterocycles. The van der Waals surface area contributed by atoms with Gasteiger partial charge in [-0.15, -0.1) is 0 Å². The Morgan fingerprint density at radius 1 is 1.38 bits per heavy atom. The predicted octanol–water partition coefficient (Wildman–Crippen LogP) is 2.31. The maximum Gasteiger partial charge on any atom is 0.221 e. The van der Waals surface area contributed by atoms with Gasteiger partial charge in [-0.2, -0.15) is 0 Å². The fourth-order valence-corrected chi connectivity index (χ4v) is 1.71. The summed E-state index contributed by atoms with van der Waals surface area (Å²) in [5.74, 6) is -0.292. The Kier molecular flexibility index (Phi) is 4.83. The van der Waals surface area contributed by atoms with E-state index in [9.17, 15) is 4.79 Å². The highest BCUT2D eigenvalue weighted by Crippen LogP contribution is 2.12. The molecule has 88 valence electrons. The zero-order chi connectivity index (χ0) is 12.0. The van der Waals surface area contributed by atoms with Gasteiger partial charge in [-0.25, -0.2) is 0 Å². The van der Waals surface area contributed by atoms with E-state index >= 15 is 0 Å². The Morgan fingerprint density at radius 2 is 2.00 bits per heavy atom. The Bertz CT molecular complexity index is 332. The van der Waals surface area contributed by atoms with Crippen LogP contribution in [0.4, 0.5) is 5.69 Å². The smallest absolute Gasteiger partial charge is 0.221 e. The Balaban J connectivity index is 2.54. The van der Waals surface area contributed by atoms with Crippen LogP contribution in [0.3, 0.4) is 0 Å². The van der Waals surface area contributed by atoms with Crippen molar-refractivity contribution in [2.75, 3.05) is 5.32 Å². The van der Waals surface area contributed by atoms with E-state index in [1.54, 1.807) is 0 Å². The molecule has 3 nitrogen and oxygen atoms in total. The molecule has 1 aromatic carbocycles. The van der Waals surface area contributed by atoms with E-state index in [0.717, 1.165) is 17.7 Å². The number of benzene rings is 1. The number of rotatable bonds is 6. The summed E-state index contributed by atoms with van der Waals surface area (Å²) in [7, 11) is 0. The molecule has 1 amide bonds. The van der Waals surface area contributed by atoms with Crippen LogP contribution in [0, 0.1) is 0 Å². The summed E-state index contributed by atoms with van der Waals surface area (Å²) in [5, 5.41) is 3.41. The molecule has 0 aliphatic rings. The quantitative estimate of drug-likeness (QED) is 0.773. The predicted molar refractivity (Wildman–Crippen MR) is 67.3 cm³/mol. The summed E-state index contributed by atoms with van der Waals surface area (Å²) in [6.45, 7) is 4.34. The van der Waals surface area contributed by atoms with E-state index in [1.807, 2.05) is 24.3 Å². The first kappa shape index (κ1) is 12.6. The van der Waals surface area contributed by atoms with Gasteiger partial charge < -0.3 is 11.1 Å². The van der Waals surface area contributed by atoms with Crippen molar-refractivity contribution in [1.82, 2.24) is 0 Å². The number of amides is 1. The minimum absolute atomic E-state index is 0.292. The van der Waals surface area contributed by atoms with Crippen LogP contribution >= 0.6 is 0 Å². The van der Waals surface area contributed by atoms with E-state index in [1.165, 1.54) is 6.42 Å². The maximum atomic E-state index is 10.7. The van der Waals surface area contributed by atoms with Gasteiger partial charge in [-0.3, -0.25) is 4.79 Å². The summed E-state index contributed by atoms with van der Waals surface area (Å²) in [6.07, 6.45) is 2.64. The molecule has 0 saturated carbocycles. The third kappa shape index (κ3) is 4.34. The molecule has 1 rings (SSSR count). The van der Waals surface area contributed by atoms with E-state index in [2.05, 4.69) is 19.2 Å². The second-order valence-corrected chi connectivity index (χ2v) is 4.17. The minimum atomic E-state index is -0.292. The minimum Gasteiger partial charge on any atom is -0.383 e. The van der Waals surface area contributed by atoms with Crippen molar-refractivity contribution in [3.63, 3.8) is 0 Å². The van der Waals surface area contributed by atoms with Crippen molar-refractivity contribution in [1.29, 1.82) is 0 Å². The molecule has 0 fully saturated rings. The van der Waals surface area contributed by atoms with E-state index in [4.69, 9.17) is 5.73 Å². The first-order chi connectivity index (χ1) is 7.61. The molecule has 16 heavy (non-hydrogen) atoms. The van der Waals surface area contributed by atoms with Crippen LogP contribution in [0.5, 0.6) is 0 Å². The van der Waals surface area contributed by atoms with E-state index in [-0.39, 0.29) is 5.91 Å². The third-order valence-corrected chi connectivity index (χ3v) is 2.47. The molecule has 1 atom stereocenters. The Labute approximate surface area is 97.0 Å². The van der Waals surface area contributed by atoms with Crippen molar-refractivity contribution in [3.8, 4) is 0 Å². The van der Waals surface area contributed by atoms with Gasteiger partial charge in [-0.05, 0) is 31.0 Å². The van der Waals surface area contributed by atoms with Gasteiger partial charge in [0.05, 0.1) is 6.42 Å². The molecule has 0 aliphatic carbocycles. The lowest BCUT2D eigenvalue weighted by Crippen LogP contribution is -2.15. The van der Waals surface area contributed by atoms with Crippen LogP contribution in [0.1, 0.15) is 32.3 Å². The third-order valence-electron chi connectivity index (χ3n) is 2.47. The van der Waals surface area contributed by atoms with Gasteiger partial charge in [0.2, 0.25) is 5.91 Å². The van der Waals surface area contributed by atoms with Crippen molar-refractivity contribution in [2.24, 2.45) is 5.73 Å². The topological polar surface area (TPSA) is 55.1 Å². The lowest BCUT2D eigenvalue weighted by Gasteiger charge is -2.14. The number of hydrogen-bond donors (Lipinski definition) is 2. The molecule has 0 heterocycles. The van der Waals surface area contributed by atoms with Gasteiger partial charge in [0.25, 0.3) is 0 Å². The largest absolute Gasteiger partial charge is 0.383 e. The van der Waals surface area contributed by atoms with Crippen LogP contribution in [0.15, 0.2) is 24.3 Å². The van der Waals surface area contributed by atoms with Crippen molar-refractivity contribution in [3.05, 3.63) is 29.8 Å². The fraction of sp³-hybridized carbons (Fsp3) is 0.462. The number of primary amides is 1. The van der Waals surface area contributed by atoms with Crippen LogP contribution in [-0.4, -0.2) is 11.9 Å². The monoisotopic (exact) mass is 220 g/mol. The highest BCUT2D eigenvalue weighted by atomic mass is 16.1. The number of carbonyl (C=O) groups excluding carboxylic acids is 1. The molecular formula is C13H20N2O. The number of nitrogens with one attached hydrogen (secondary N) is 1.